The Morgan fingerprint density at radius 3 is 2.44 bits per heavy atom. The Morgan fingerprint density at radius 2 is 1.93 bits per heavy atom. The fraction of sp³-hybridized carbons (Fsp3) is 0.562. The molecule has 0 aliphatic heterocycles. The summed E-state index contributed by atoms with van der Waals surface area (Å²) in [5, 5.41) is 6.29. The number of halogens is 5. The molecule has 2 N–H and O–H groups in total. The third kappa shape index (κ3) is 9.58. The monoisotopic (exact) mass is 557 g/mol. The fourth-order valence-electron chi connectivity index (χ4n) is 1.93. The lowest BCUT2D eigenvalue weighted by Gasteiger charge is -2.19. The van der Waals surface area contributed by atoms with Crippen LogP contribution in [0.15, 0.2) is 17.1 Å². The molecule has 0 aromatic heterocycles. The van der Waals surface area contributed by atoms with Gasteiger partial charge in [0.25, 0.3) is 0 Å². The number of aliphatic imine (C=N–C) groups is 1. The minimum absolute atomic E-state index is 0. The number of ether oxygens (including phenoxy) is 1. The number of nitrogens with zero attached hydrogens (tertiary/aromatic N) is 1. The molecular weight excluding hydrogens is 534 g/mol. The third-order valence-electron chi connectivity index (χ3n) is 3.23. The number of rotatable bonds is 7. The summed E-state index contributed by atoms with van der Waals surface area (Å²) in [6.45, 7) is 3.28. The van der Waals surface area contributed by atoms with Crippen LogP contribution in [-0.2, 0) is 17.3 Å². The second-order valence-electron chi connectivity index (χ2n) is 6.27. The Hall–Kier alpha value is -0.390. The smallest absolute Gasteiger partial charge is 0.387 e. The van der Waals surface area contributed by atoms with E-state index in [2.05, 4.69) is 20.4 Å². The summed E-state index contributed by atoms with van der Waals surface area (Å²) in [7, 11) is 0.571. The minimum Gasteiger partial charge on any atom is -0.433 e. The van der Waals surface area contributed by atoms with Crippen molar-refractivity contribution in [2.45, 2.75) is 38.7 Å². The number of hydrogen-bond acceptors (Lipinski definition) is 3. The SMILES string of the molecule is CN=C(NCCS(=O)C(C)(C)C)NCc1cc(Cl)cc(Cl)c1OC(F)F.I. The molecule has 1 atom stereocenters. The summed E-state index contributed by atoms with van der Waals surface area (Å²) >= 11 is 11.9. The highest BCUT2D eigenvalue weighted by Gasteiger charge is 2.19. The fourth-order valence-corrected chi connectivity index (χ4v) is 3.41. The van der Waals surface area contributed by atoms with Crippen LogP contribution < -0.4 is 15.4 Å². The van der Waals surface area contributed by atoms with Gasteiger partial charge in [-0.3, -0.25) is 9.20 Å². The Morgan fingerprint density at radius 1 is 1.30 bits per heavy atom. The van der Waals surface area contributed by atoms with Crippen LogP contribution >= 0.6 is 47.2 Å². The summed E-state index contributed by atoms with van der Waals surface area (Å²) in [6.07, 6.45) is 0. The van der Waals surface area contributed by atoms with Crippen molar-refractivity contribution >= 4 is 63.9 Å². The van der Waals surface area contributed by atoms with E-state index < -0.39 is 17.4 Å². The van der Waals surface area contributed by atoms with Gasteiger partial charge in [-0.25, -0.2) is 0 Å². The van der Waals surface area contributed by atoms with E-state index >= 15 is 0 Å². The molecule has 0 amide bonds. The Labute approximate surface area is 188 Å². The summed E-state index contributed by atoms with van der Waals surface area (Å²) in [4.78, 5) is 4.04. The lowest BCUT2D eigenvalue weighted by molar-refractivity contribution is -0.0504. The van der Waals surface area contributed by atoms with Crippen molar-refractivity contribution in [3.8, 4) is 5.75 Å². The van der Waals surface area contributed by atoms with E-state index in [1.165, 1.54) is 12.1 Å². The van der Waals surface area contributed by atoms with Gasteiger partial charge in [0, 0.05) is 52.0 Å². The van der Waals surface area contributed by atoms with Crippen LogP contribution in [-0.4, -0.2) is 40.9 Å². The quantitative estimate of drug-likeness (QED) is 0.296. The molecule has 1 aromatic carbocycles. The van der Waals surface area contributed by atoms with Crippen LogP contribution in [0.5, 0.6) is 5.75 Å². The zero-order chi connectivity index (χ0) is 19.9. The first-order chi connectivity index (χ1) is 12.0. The molecule has 0 saturated carbocycles. The van der Waals surface area contributed by atoms with Gasteiger partial charge in [-0.05, 0) is 32.9 Å². The minimum atomic E-state index is -3.00. The Kier molecular flexibility index (Phi) is 12.1. The molecular formula is C16H24Cl2F2IN3O2S. The highest BCUT2D eigenvalue weighted by Crippen LogP contribution is 2.33. The lowest BCUT2D eigenvalue weighted by Crippen LogP contribution is -2.40. The van der Waals surface area contributed by atoms with Gasteiger partial charge in [0.1, 0.15) is 5.75 Å². The molecule has 0 saturated heterocycles. The second-order valence-corrected chi connectivity index (χ2v) is 9.44. The Bertz CT molecular complexity index is 674. The number of benzene rings is 1. The maximum atomic E-state index is 12.6. The average Bonchev–Trinajstić information content (AvgIpc) is 2.52. The van der Waals surface area contributed by atoms with Gasteiger partial charge < -0.3 is 15.4 Å². The predicted molar refractivity (Wildman–Crippen MR) is 119 cm³/mol. The number of alkyl halides is 2. The molecule has 11 heteroatoms. The van der Waals surface area contributed by atoms with Crippen LogP contribution in [0.3, 0.4) is 0 Å². The van der Waals surface area contributed by atoms with Crippen molar-refractivity contribution in [1.82, 2.24) is 10.6 Å². The standard InChI is InChI=1S/C16H23Cl2F2N3O2S.HI/c1-16(2,3)26(24)6-5-22-15(21-4)23-9-10-7-11(17)8-12(18)13(10)25-14(19)20;/h7-8,14H,5-6,9H2,1-4H3,(H2,21,22,23);1H. The van der Waals surface area contributed by atoms with Crippen molar-refractivity contribution in [2.24, 2.45) is 4.99 Å². The average molecular weight is 558 g/mol. The molecule has 1 unspecified atom stereocenters. The number of nitrogens with one attached hydrogen (secondary N) is 2. The summed E-state index contributed by atoms with van der Waals surface area (Å²) in [5.41, 5.74) is 0.365. The molecule has 156 valence electrons. The van der Waals surface area contributed by atoms with E-state index in [1.54, 1.807) is 7.05 Å². The lowest BCUT2D eigenvalue weighted by atomic mass is 10.2. The topological polar surface area (TPSA) is 62.7 Å². The van der Waals surface area contributed by atoms with Gasteiger partial charge in [-0.1, -0.05) is 23.2 Å². The molecule has 0 heterocycles. The van der Waals surface area contributed by atoms with Gasteiger partial charge in [-0.2, -0.15) is 8.78 Å². The van der Waals surface area contributed by atoms with Crippen molar-refractivity contribution in [2.75, 3.05) is 19.3 Å². The molecule has 0 radical (unpaired) electrons. The summed E-state index contributed by atoms with van der Waals surface area (Å²) in [6, 6.07) is 2.82. The molecule has 0 spiro atoms. The van der Waals surface area contributed by atoms with E-state index in [9.17, 15) is 13.0 Å². The highest BCUT2D eigenvalue weighted by molar-refractivity contribution is 14.0. The summed E-state index contributed by atoms with van der Waals surface area (Å²) in [5.74, 6) is 0.741. The van der Waals surface area contributed by atoms with Crippen LogP contribution in [0.1, 0.15) is 26.3 Å². The van der Waals surface area contributed by atoms with Gasteiger partial charge in [0.05, 0.1) is 5.02 Å². The van der Waals surface area contributed by atoms with Crippen LogP contribution in [0.4, 0.5) is 8.78 Å². The van der Waals surface area contributed by atoms with Gasteiger partial charge in [-0.15, -0.1) is 24.0 Å². The molecule has 0 fully saturated rings. The van der Waals surface area contributed by atoms with Crippen LogP contribution in [0.2, 0.25) is 10.0 Å². The van der Waals surface area contributed by atoms with Gasteiger partial charge in [0.2, 0.25) is 0 Å². The maximum Gasteiger partial charge on any atom is 0.387 e. The first-order valence-electron chi connectivity index (χ1n) is 7.80. The van der Waals surface area contributed by atoms with E-state index in [-0.39, 0.29) is 46.0 Å². The van der Waals surface area contributed by atoms with E-state index in [0.717, 1.165) is 0 Å². The van der Waals surface area contributed by atoms with Crippen molar-refractivity contribution in [3.05, 3.63) is 27.7 Å². The van der Waals surface area contributed by atoms with Crippen molar-refractivity contribution < 1.29 is 17.7 Å². The van der Waals surface area contributed by atoms with Gasteiger partial charge >= 0.3 is 6.61 Å². The molecule has 0 bridgehead atoms. The van der Waals surface area contributed by atoms with Crippen LogP contribution in [0.25, 0.3) is 0 Å². The molecule has 0 aliphatic carbocycles. The molecule has 27 heavy (non-hydrogen) atoms. The van der Waals surface area contributed by atoms with Crippen molar-refractivity contribution in [1.29, 1.82) is 0 Å². The van der Waals surface area contributed by atoms with E-state index in [4.69, 9.17) is 23.2 Å². The van der Waals surface area contributed by atoms with E-state index in [1.807, 2.05) is 20.8 Å². The van der Waals surface area contributed by atoms with Gasteiger partial charge in [0.15, 0.2) is 5.96 Å². The first-order valence-corrected chi connectivity index (χ1v) is 9.87. The second kappa shape index (κ2) is 12.2. The normalized spacial score (nSPS) is 13.1. The van der Waals surface area contributed by atoms with Crippen molar-refractivity contribution in [3.63, 3.8) is 0 Å². The molecule has 1 rings (SSSR count). The van der Waals surface area contributed by atoms with E-state index in [0.29, 0.717) is 28.8 Å². The maximum absolute atomic E-state index is 12.6. The Balaban J connectivity index is 0.00000676. The number of hydrogen-bond donors (Lipinski definition) is 2. The third-order valence-corrected chi connectivity index (χ3v) is 5.66. The molecule has 0 aliphatic rings. The number of guanidine groups is 1. The zero-order valence-corrected chi connectivity index (χ0v) is 20.1. The largest absolute Gasteiger partial charge is 0.433 e. The molecule has 1 aromatic rings. The highest BCUT2D eigenvalue weighted by atomic mass is 127. The van der Waals surface area contributed by atoms with Crippen LogP contribution in [0, 0.1) is 0 Å². The predicted octanol–water partition coefficient (Wildman–Crippen LogP) is 4.43. The summed E-state index contributed by atoms with van der Waals surface area (Å²) < 4.78 is 41.4. The zero-order valence-electron chi connectivity index (χ0n) is 15.4. The first kappa shape index (κ1) is 26.6. The molecule has 5 nitrogen and oxygen atoms in total.